The summed E-state index contributed by atoms with van der Waals surface area (Å²) in [6, 6.07) is 8.74. The summed E-state index contributed by atoms with van der Waals surface area (Å²) < 4.78 is 9.09. The number of para-hydroxylation sites is 1. The monoisotopic (exact) mass is 428 g/mol. The third-order valence-corrected chi connectivity index (χ3v) is 7.40. The zero-order valence-corrected chi connectivity index (χ0v) is 18.4. The summed E-state index contributed by atoms with van der Waals surface area (Å²) in [7, 11) is 0. The van der Waals surface area contributed by atoms with Gasteiger partial charge in [-0.15, -0.1) is 5.10 Å². The molecule has 0 radical (unpaired) electrons. The fourth-order valence-corrected chi connectivity index (χ4v) is 5.72. The number of nitrogens with zero attached hydrogens (tertiary/aromatic N) is 6. The van der Waals surface area contributed by atoms with Gasteiger partial charge < -0.3 is 14.5 Å². The van der Waals surface area contributed by atoms with Crippen LogP contribution in [0.5, 0.6) is 0 Å². The Bertz CT molecular complexity index is 926. The number of benzene rings is 1. The van der Waals surface area contributed by atoms with Crippen LogP contribution in [0.3, 0.4) is 0 Å². The van der Waals surface area contributed by atoms with Gasteiger partial charge in [-0.25, -0.2) is 9.67 Å². The molecular weight excluding hydrogens is 398 g/mol. The van der Waals surface area contributed by atoms with Gasteiger partial charge in [0.05, 0.1) is 49.0 Å². The third kappa shape index (κ3) is 4.06. The van der Waals surface area contributed by atoms with Crippen LogP contribution in [0, 0.1) is 0 Å². The molecule has 5 rings (SSSR count). The smallest absolute Gasteiger partial charge is 0.209 e. The predicted molar refractivity (Wildman–Crippen MR) is 117 cm³/mol. The van der Waals surface area contributed by atoms with Crippen molar-refractivity contribution in [2.75, 3.05) is 37.7 Å². The number of aromatic nitrogens is 5. The second-order valence-electron chi connectivity index (χ2n) is 8.30. The summed E-state index contributed by atoms with van der Waals surface area (Å²) in [5.41, 5.74) is 1.10. The van der Waals surface area contributed by atoms with Crippen LogP contribution >= 0.6 is 11.3 Å². The van der Waals surface area contributed by atoms with E-state index in [4.69, 9.17) is 9.72 Å². The summed E-state index contributed by atoms with van der Waals surface area (Å²) in [5, 5.41) is 13.9. The van der Waals surface area contributed by atoms with Crippen LogP contribution in [-0.4, -0.2) is 64.1 Å². The van der Waals surface area contributed by atoms with E-state index in [1.54, 1.807) is 16.2 Å². The number of tetrazole rings is 1. The Morgan fingerprint density at radius 3 is 2.90 bits per heavy atom. The Hall–Kier alpha value is -2.10. The molecule has 0 aliphatic carbocycles. The second-order valence-corrected chi connectivity index (χ2v) is 9.31. The topological polar surface area (TPSA) is 73.4 Å². The maximum Gasteiger partial charge on any atom is 0.209 e. The Morgan fingerprint density at radius 2 is 2.13 bits per heavy atom. The molecule has 8 nitrogen and oxygen atoms in total. The minimum absolute atomic E-state index is 0.250. The number of piperazine rings is 1. The normalized spacial score (nSPS) is 21.5. The summed E-state index contributed by atoms with van der Waals surface area (Å²) >= 11 is 1.80. The van der Waals surface area contributed by atoms with Gasteiger partial charge in [0.2, 0.25) is 5.82 Å². The van der Waals surface area contributed by atoms with Gasteiger partial charge in [-0.3, -0.25) is 0 Å². The highest BCUT2D eigenvalue weighted by Gasteiger charge is 2.33. The van der Waals surface area contributed by atoms with Crippen LogP contribution < -0.4 is 9.80 Å². The number of rotatable bonds is 7. The maximum atomic E-state index is 5.82. The molecule has 1 aromatic carbocycles. The van der Waals surface area contributed by atoms with E-state index < -0.39 is 0 Å². The molecular formula is C21H30N7OS+. The molecule has 160 valence electrons. The first-order valence-corrected chi connectivity index (χ1v) is 12.0. The lowest BCUT2D eigenvalue weighted by Crippen LogP contribution is -3.15. The maximum absolute atomic E-state index is 5.82. The van der Waals surface area contributed by atoms with E-state index in [1.165, 1.54) is 4.70 Å². The summed E-state index contributed by atoms with van der Waals surface area (Å²) in [6.45, 7) is 8.07. The van der Waals surface area contributed by atoms with Crippen molar-refractivity contribution >= 4 is 26.7 Å². The first-order chi connectivity index (χ1) is 14.8. The highest BCUT2D eigenvalue weighted by molar-refractivity contribution is 7.22. The van der Waals surface area contributed by atoms with Crippen molar-refractivity contribution in [1.29, 1.82) is 0 Å². The van der Waals surface area contributed by atoms with Crippen LogP contribution in [0.1, 0.15) is 44.5 Å². The van der Waals surface area contributed by atoms with Gasteiger partial charge in [-0.1, -0.05) is 36.8 Å². The number of quaternary nitrogens is 1. The molecule has 0 bridgehead atoms. The van der Waals surface area contributed by atoms with Crippen LogP contribution in [0.15, 0.2) is 24.3 Å². The molecule has 30 heavy (non-hydrogen) atoms. The summed E-state index contributed by atoms with van der Waals surface area (Å²) in [6.07, 6.45) is 4.72. The molecule has 0 amide bonds. The van der Waals surface area contributed by atoms with Crippen molar-refractivity contribution in [3.8, 4) is 0 Å². The van der Waals surface area contributed by atoms with Crippen molar-refractivity contribution in [3.63, 3.8) is 0 Å². The molecule has 0 saturated carbocycles. The van der Waals surface area contributed by atoms with E-state index in [0.717, 1.165) is 81.5 Å². The first kappa shape index (κ1) is 19.8. The van der Waals surface area contributed by atoms with Crippen LogP contribution in [0.2, 0.25) is 0 Å². The number of fused-ring (bicyclic) bond motifs is 1. The van der Waals surface area contributed by atoms with Crippen molar-refractivity contribution in [2.45, 2.75) is 51.3 Å². The fraction of sp³-hybridized carbons (Fsp3) is 0.619. The Labute approximate surface area is 180 Å². The summed E-state index contributed by atoms with van der Waals surface area (Å²) in [4.78, 5) is 8.87. The van der Waals surface area contributed by atoms with E-state index in [1.807, 2.05) is 4.68 Å². The van der Waals surface area contributed by atoms with Gasteiger partial charge in [0.1, 0.15) is 6.04 Å². The van der Waals surface area contributed by atoms with Crippen LogP contribution in [-0.2, 0) is 11.3 Å². The lowest BCUT2D eigenvalue weighted by molar-refractivity contribution is -0.933. The van der Waals surface area contributed by atoms with Crippen molar-refractivity contribution in [1.82, 2.24) is 25.2 Å². The molecule has 2 aliphatic heterocycles. The van der Waals surface area contributed by atoms with Gasteiger partial charge in [-0.05, 0) is 35.4 Å². The standard InChI is InChI=1S/C21H29N7OS/c1-2-6-18(20-23-24-25-28(20)15-16-7-5-14-29-16)26-10-12-27(13-11-26)21-22-17-8-3-4-9-19(17)30-21/h3-4,8-9,16,18H,2,5-7,10-15H2,1H3/p+1/t16-,18-/m0/s1. The van der Waals surface area contributed by atoms with E-state index in [0.29, 0.717) is 6.04 Å². The SMILES string of the molecule is CCC[C@@H](c1nnnn1C[C@@H]1CCCO1)[NH+]1CCN(c2nc3ccccc3s2)CC1. The van der Waals surface area contributed by atoms with E-state index in [9.17, 15) is 0 Å². The molecule has 2 atom stereocenters. The minimum atomic E-state index is 0.250. The first-order valence-electron chi connectivity index (χ1n) is 11.1. The van der Waals surface area contributed by atoms with Crippen molar-refractivity contribution in [3.05, 3.63) is 30.1 Å². The zero-order chi connectivity index (χ0) is 20.3. The number of anilines is 1. The summed E-state index contributed by atoms with van der Waals surface area (Å²) in [5.74, 6) is 1.02. The molecule has 9 heteroatoms. The lowest BCUT2D eigenvalue weighted by atomic mass is 10.1. The predicted octanol–water partition coefficient (Wildman–Crippen LogP) is 1.71. The quantitative estimate of drug-likeness (QED) is 0.618. The number of thiazole rings is 1. The van der Waals surface area contributed by atoms with E-state index in [-0.39, 0.29) is 6.10 Å². The zero-order valence-electron chi connectivity index (χ0n) is 17.5. The molecule has 0 unspecified atom stereocenters. The van der Waals surface area contributed by atoms with Gasteiger partial charge in [0.15, 0.2) is 5.13 Å². The van der Waals surface area contributed by atoms with Crippen LogP contribution in [0.25, 0.3) is 10.2 Å². The fourth-order valence-electron chi connectivity index (χ4n) is 4.71. The molecule has 3 aromatic rings. The minimum Gasteiger partial charge on any atom is -0.376 e. The molecule has 2 saturated heterocycles. The van der Waals surface area contributed by atoms with E-state index in [2.05, 4.69) is 51.6 Å². The largest absolute Gasteiger partial charge is 0.376 e. The molecule has 1 N–H and O–H groups in total. The average molecular weight is 429 g/mol. The van der Waals surface area contributed by atoms with Gasteiger partial charge in [0.25, 0.3) is 0 Å². The Morgan fingerprint density at radius 1 is 1.27 bits per heavy atom. The molecule has 0 spiro atoms. The highest BCUT2D eigenvalue weighted by Crippen LogP contribution is 2.28. The van der Waals surface area contributed by atoms with Gasteiger partial charge in [-0.2, -0.15) is 0 Å². The number of nitrogens with one attached hydrogen (secondary N) is 1. The van der Waals surface area contributed by atoms with Gasteiger partial charge >= 0.3 is 0 Å². The molecule has 2 aromatic heterocycles. The second kappa shape index (κ2) is 8.95. The van der Waals surface area contributed by atoms with Gasteiger partial charge in [0, 0.05) is 13.0 Å². The number of ether oxygens (including phenoxy) is 1. The number of hydrogen-bond acceptors (Lipinski definition) is 7. The highest BCUT2D eigenvalue weighted by atomic mass is 32.1. The van der Waals surface area contributed by atoms with Crippen LogP contribution in [0.4, 0.5) is 5.13 Å². The van der Waals surface area contributed by atoms with Crippen molar-refractivity contribution in [2.24, 2.45) is 0 Å². The Kier molecular flexibility index (Phi) is 5.92. The molecule has 2 aliphatic rings. The van der Waals surface area contributed by atoms with E-state index >= 15 is 0 Å². The van der Waals surface area contributed by atoms with Crippen molar-refractivity contribution < 1.29 is 9.64 Å². The molecule has 4 heterocycles. The average Bonchev–Trinajstić information content (AvgIpc) is 3.53. The molecule has 2 fully saturated rings. The Balaban J connectivity index is 1.28. The third-order valence-electron chi connectivity index (χ3n) is 6.30. The lowest BCUT2D eigenvalue weighted by Gasteiger charge is -2.36. The number of hydrogen-bond donors (Lipinski definition) is 1.